The Morgan fingerprint density at radius 1 is 0.636 bits per heavy atom. The second-order valence-corrected chi connectivity index (χ2v) is 16.4. The molecule has 0 radical (unpaired) electrons. The van der Waals surface area contributed by atoms with E-state index in [9.17, 15) is 0 Å². The van der Waals surface area contributed by atoms with Crippen LogP contribution in [0.2, 0.25) is 13.1 Å². The molecule has 0 N–H and O–H groups in total. The Bertz CT molecular complexity index is 2280. The first kappa shape index (κ1) is 23.3. The van der Waals surface area contributed by atoms with E-state index in [-0.39, 0.29) is 6.67 Å². The van der Waals surface area contributed by atoms with Crippen LogP contribution in [0.25, 0.3) is 38.8 Å². The molecule has 0 bridgehead atoms. The second kappa shape index (κ2) is 10.2. The number of benzene rings is 5. The highest BCUT2D eigenvalue weighted by Gasteiger charge is 2.30. The van der Waals surface area contributed by atoms with Gasteiger partial charge in [-0.2, -0.15) is 0 Å². The maximum atomic E-state index is 8.14. The zero-order valence-corrected chi connectivity index (χ0v) is 25.8. The van der Waals surface area contributed by atoms with Crippen LogP contribution in [0.1, 0.15) is 4.11 Å². The number of hydrogen-bond donors (Lipinski definition) is 0. The van der Waals surface area contributed by atoms with Gasteiger partial charge < -0.3 is 9.80 Å². The Balaban J connectivity index is 1.23. The number of para-hydroxylation sites is 3. The number of aromatic nitrogens is 2. The average molecular weight is 590 g/mol. The number of hydrogen-bond acceptors (Lipinski definition) is 3. The molecule has 0 saturated carbocycles. The van der Waals surface area contributed by atoms with Crippen LogP contribution in [0.15, 0.2) is 140 Å². The Morgan fingerprint density at radius 2 is 1.39 bits per heavy atom. The molecule has 0 aliphatic carbocycles. The van der Waals surface area contributed by atoms with Gasteiger partial charge in [-0.05, 0) is 59.7 Å². The molecule has 0 amide bonds. The lowest BCUT2D eigenvalue weighted by Crippen LogP contribution is -2.53. The molecule has 3 heterocycles. The maximum Gasteiger partial charge on any atom is 0.138 e. The van der Waals surface area contributed by atoms with Gasteiger partial charge in [0.25, 0.3) is 0 Å². The molecule has 0 atom stereocenters. The third-order valence-corrected chi connectivity index (χ3v) is 12.6. The summed E-state index contributed by atoms with van der Waals surface area (Å²) < 4.78 is 26.7. The summed E-state index contributed by atoms with van der Waals surface area (Å²) in [6.45, 7) is 2.84. The zero-order valence-electron chi connectivity index (χ0n) is 27.8. The molecule has 1 aliphatic heterocycles. The predicted octanol–water partition coefficient (Wildman–Crippen LogP) is 8.21. The Hall–Kier alpha value is -5.13. The van der Waals surface area contributed by atoms with E-state index in [1.165, 1.54) is 26.0 Å². The standard InChI is InChI=1S/C39H34N4Si/c1-41-27-42(37-19-10-9-18-36(37)41)30-14-11-15-31(25-30)44(2,3)32-20-21-34-33-16-7-8-17-35(33)43(38(34)26-32)39-24-29(22-23-40-39)28-12-5-4-6-13-28/h4-26H,27H2,1-3H3/i1D3. The SMILES string of the molecule is [2H]C([2H])([2H])N1CN(c2cccc([Si](C)(C)c3ccc4c5ccccc5n(-c5cc(-c6ccccc6)ccn5)c4c3)c2)c2ccccc21. The fourth-order valence-electron chi connectivity index (χ4n) is 6.62. The summed E-state index contributed by atoms with van der Waals surface area (Å²) in [5, 5.41) is 5.00. The molecule has 2 aromatic heterocycles. The first-order chi connectivity index (χ1) is 22.7. The minimum absolute atomic E-state index is 0.280. The Kier molecular flexibility index (Phi) is 5.44. The highest BCUT2D eigenvalue weighted by atomic mass is 28.3. The van der Waals surface area contributed by atoms with Gasteiger partial charge in [0.05, 0.1) is 29.1 Å². The molecule has 44 heavy (non-hydrogen) atoms. The van der Waals surface area contributed by atoms with Gasteiger partial charge in [-0.25, -0.2) is 4.98 Å². The van der Waals surface area contributed by atoms with Gasteiger partial charge in [0.1, 0.15) is 13.9 Å². The number of rotatable bonds is 5. The van der Waals surface area contributed by atoms with Crippen LogP contribution in [0, 0.1) is 0 Å². The minimum Gasteiger partial charge on any atom is -0.355 e. The van der Waals surface area contributed by atoms with E-state index in [2.05, 4.69) is 126 Å². The van der Waals surface area contributed by atoms with Gasteiger partial charge in [-0.15, -0.1) is 0 Å². The van der Waals surface area contributed by atoms with Crippen molar-refractivity contribution >= 4 is 57.3 Å². The largest absolute Gasteiger partial charge is 0.355 e. The summed E-state index contributed by atoms with van der Waals surface area (Å²) in [6, 6.07) is 46.6. The van der Waals surface area contributed by atoms with Gasteiger partial charge in [0, 0.05) is 33.7 Å². The number of anilines is 3. The predicted molar refractivity (Wildman–Crippen MR) is 189 cm³/mol. The lowest BCUT2D eigenvalue weighted by atomic mass is 10.1. The second-order valence-electron chi connectivity index (χ2n) is 12.0. The number of pyridine rings is 1. The maximum absolute atomic E-state index is 8.14. The lowest BCUT2D eigenvalue weighted by molar-refractivity contribution is 0.950. The van der Waals surface area contributed by atoms with Crippen molar-refractivity contribution in [1.29, 1.82) is 0 Å². The van der Waals surface area contributed by atoms with Gasteiger partial charge >= 0.3 is 0 Å². The van der Waals surface area contributed by atoms with Crippen molar-refractivity contribution in [3.63, 3.8) is 0 Å². The van der Waals surface area contributed by atoms with E-state index in [4.69, 9.17) is 9.10 Å². The monoisotopic (exact) mass is 589 g/mol. The molecule has 1 aliphatic rings. The highest BCUT2D eigenvalue weighted by Crippen LogP contribution is 2.39. The zero-order chi connectivity index (χ0) is 32.3. The minimum atomic E-state index is -2.22. The quantitative estimate of drug-likeness (QED) is 0.189. The van der Waals surface area contributed by atoms with Crippen LogP contribution >= 0.6 is 0 Å². The van der Waals surface area contributed by atoms with Gasteiger partial charge in [0.2, 0.25) is 0 Å². The Morgan fingerprint density at radius 3 is 2.25 bits per heavy atom. The molecule has 5 aromatic carbocycles. The van der Waals surface area contributed by atoms with Crippen LogP contribution in [0.5, 0.6) is 0 Å². The van der Waals surface area contributed by atoms with Crippen LogP contribution < -0.4 is 20.2 Å². The van der Waals surface area contributed by atoms with Gasteiger partial charge in [-0.3, -0.25) is 4.57 Å². The first-order valence-electron chi connectivity index (χ1n) is 16.5. The molecule has 0 fully saturated rings. The van der Waals surface area contributed by atoms with Crippen LogP contribution in [-0.2, 0) is 0 Å². The first-order valence-corrected chi connectivity index (χ1v) is 18.0. The van der Waals surface area contributed by atoms with Crippen molar-refractivity contribution in [2.75, 3.05) is 23.4 Å². The summed E-state index contributed by atoms with van der Waals surface area (Å²) in [5.41, 5.74) is 7.21. The third-order valence-electron chi connectivity index (χ3n) is 9.10. The van der Waals surface area contributed by atoms with Crippen molar-refractivity contribution in [3.8, 4) is 16.9 Å². The molecule has 0 spiro atoms. The van der Waals surface area contributed by atoms with E-state index in [1.807, 2.05) is 36.5 Å². The van der Waals surface area contributed by atoms with Crippen molar-refractivity contribution in [3.05, 3.63) is 140 Å². The normalized spacial score (nSPS) is 14.5. The summed E-state index contributed by atoms with van der Waals surface area (Å²) in [5.74, 6) is 0.891. The molecular formula is C39H34N4Si. The molecule has 214 valence electrons. The van der Waals surface area contributed by atoms with Crippen molar-refractivity contribution in [2.24, 2.45) is 0 Å². The molecule has 0 unspecified atom stereocenters. The number of nitrogens with zero attached hydrogens (tertiary/aromatic N) is 4. The van der Waals surface area contributed by atoms with E-state index < -0.39 is 15.0 Å². The molecule has 4 nitrogen and oxygen atoms in total. The van der Waals surface area contributed by atoms with Crippen LogP contribution in [0.4, 0.5) is 17.1 Å². The van der Waals surface area contributed by atoms with E-state index in [0.29, 0.717) is 0 Å². The topological polar surface area (TPSA) is 24.3 Å². The molecular weight excluding hydrogens is 553 g/mol. The van der Waals surface area contributed by atoms with Crippen molar-refractivity contribution in [1.82, 2.24) is 9.55 Å². The van der Waals surface area contributed by atoms with Crippen molar-refractivity contribution < 1.29 is 4.11 Å². The van der Waals surface area contributed by atoms with E-state index in [0.717, 1.165) is 45.0 Å². The van der Waals surface area contributed by atoms with E-state index >= 15 is 0 Å². The summed E-state index contributed by atoms with van der Waals surface area (Å²) >= 11 is 0. The highest BCUT2D eigenvalue weighted by molar-refractivity contribution is 7.00. The number of fused-ring (bicyclic) bond motifs is 4. The van der Waals surface area contributed by atoms with Gasteiger partial charge in [-0.1, -0.05) is 108 Å². The molecule has 7 aromatic rings. The molecule has 0 saturated heterocycles. The summed E-state index contributed by atoms with van der Waals surface area (Å²) in [7, 11) is -2.22. The molecule has 5 heteroatoms. The lowest BCUT2D eigenvalue weighted by Gasteiger charge is -2.27. The smallest absolute Gasteiger partial charge is 0.138 e. The fraction of sp³-hybridized carbons (Fsp3) is 0.103. The summed E-state index contributed by atoms with van der Waals surface area (Å²) in [4.78, 5) is 8.50. The summed E-state index contributed by atoms with van der Waals surface area (Å²) in [6.07, 6.45) is 1.90. The van der Waals surface area contributed by atoms with Gasteiger partial charge in [0.15, 0.2) is 0 Å². The average Bonchev–Trinajstić information content (AvgIpc) is 3.65. The third kappa shape index (κ3) is 4.23. The fourth-order valence-corrected chi connectivity index (χ4v) is 8.97. The van der Waals surface area contributed by atoms with E-state index in [1.54, 1.807) is 0 Å². The van der Waals surface area contributed by atoms with Crippen LogP contribution in [0.3, 0.4) is 0 Å². The van der Waals surface area contributed by atoms with Crippen LogP contribution in [-0.4, -0.2) is 31.3 Å². The van der Waals surface area contributed by atoms with Crippen molar-refractivity contribution in [2.45, 2.75) is 13.1 Å². The molecule has 8 rings (SSSR count). The Labute approximate surface area is 263 Å².